The van der Waals surface area contributed by atoms with Crippen molar-refractivity contribution in [3.8, 4) is 5.75 Å². The maximum atomic E-state index is 12.5. The number of carbonyl (C=O) groups excluding carboxylic acids is 2. The average Bonchev–Trinajstić information content (AvgIpc) is 2.56. The third kappa shape index (κ3) is 4.55. The number of nitrogens with one attached hydrogen (secondary N) is 1. The van der Waals surface area contributed by atoms with Crippen LogP contribution >= 0.6 is 11.6 Å². The van der Waals surface area contributed by atoms with Gasteiger partial charge >= 0.3 is 5.97 Å². The van der Waals surface area contributed by atoms with Gasteiger partial charge in [0.05, 0.1) is 0 Å². The van der Waals surface area contributed by atoms with Crippen molar-refractivity contribution in [2.75, 3.05) is 5.32 Å². The fourth-order valence-corrected chi connectivity index (χ4v) is 2.69. The van der Waals surface area contributed by atoms with E-state index >= 15 is 0 Å². The summed E-state index contributed by atoms with van der Waals surface area (Å²) in [6, 6.07) is 9.85. The van der Waals surface area contributed by atoms with Crippen LogP contribution in [0.2, 0.25) is 5.02 Å². The summed E-state index contributed by atoms with van der Waals surface area (Å²) < 4.78 is 5.18. The summed E-state index contributed by atoms with van der Waals surface area (Å²) >= 11 is 5.75. The van der Waals surface area contributed by atoms with Crippen molar-refractivity contribution in [3.05, 3.63) is 58.1 Å². The van der Waals surface area contributed by atoms with Gasteiger partial charge in [-0.25, -0.2) is 4.79 Å². The molecule has 5 nitrogen and oxygen atoms in total. The molecule has 0 unspecified atom stereocenters. The number of benzene rings is 2. The van der Waals surface area contributed by atoms with E-state index in [0.717, 1.165) is 16.8 Å². The molecule has 138 valence electrons. The highest BCUT2D eigenvalue weighted by molar-refractivity contribution is 6.30. The number of hydrogen-bond donors (Lipinski definition) is 2. The molecule has 0 bridgehead atoms. The van der Waals surface area contributed by atoms with Gasteiger partial charge in [-0.3, -0.25) is 4.79 Å². The predicted molar refractivity (Wildman–Crippen MR) is 102 cm³/mol. The lowest BCUT2D eigenvalue weighted by Gasteiger charge is -2.19. The largest absolute Gasteiger partial charge is 0.507 e. The minimum absolute atomic E-state index is 0.0483. The first-order chi connectivity index (χ1) is 12.2. The molecule has 0 aliphatic heterocycles. The van der Waals surface area contributed by atoms with E-state index in [0.29, 0.717) is 5.02 Å². The van der Waals surface area contributed by atoms with E-state index in [4.69, 9.17) is 16.3 Å². The number of hydrogen-bond acceptors (Lipinski definition) is 4. The Kier molecular flexibility index (Phi) is 6.27. The number of para-hydroxylation sites is 1. The smallest absolute Gasteiger partial charge is 0.342 e. The van der Waals surface area contributed by atoms with Gasteiger partial charge in [0.1, 0.15) is 11.3 Å². The van der Waals surface area contributed by atoms with Crippen LogP contribution in [0.3, 0.4) is 0 Å². The highest BCUT2D eigenvalue weighted by Crippen LogP contribution is 2.28. The first kappa shape index (κ1) is 19.8. The Hall–Kier alpha value is -2.53. The zero-order valence-corrected chi connectivity index (χ0v) is 15.9. The van der Waals surface area contributed by atoms with E-state index in [9.17, 15) is 14.7 Å². The molecule has 2 aromatic rings. The molecular formula is C20H22ClNO4. The van der Waals surface area contributed by atoms with E-state index < -0.39 is 18.0 Å². The number of anilines is 1. The first-order valence-electron chi connectivity index (χ1n) is 8.30. The van der Waals surface area contributed by atoms with Gasteiger partial charge in [0, 0.05) is 10.7 Å². The molecule has 2 rings (SSSR count). The summed E-state index contributed by atoms with van der Waals surface area (Å²) in [6.07, 6.45) is -1.03. The van der Waals surface area contributed by atoms with Crippen molar-refractivity contribution >= 4 is 29.2 Å². The van der Waals surface area contributed by atoms with Crippen molar-refractivity contribution in [2.45, 2.75) is 39.7 Å². The normalized spacial score (nSPS) is 11.9. The minimum atomic E-state index is -1.03. The molecule has 0 radical (unpaired) electrons. The van der Waals surface area contributed by atoms with Crippen LogP contribution in [0.25, 0.3) is 0 Å². The highest BCUT2D eigenvalue weighted by atomic mass is 35.5. The van der Waals surface area contributed by atoms with Crippen molar-refractivity contribution in [2.24, 2.45) is 0 Å². The summed E-state index contributed by atoms with van der Waals surface area (Å²) in [5.74, 6) is -1.30. The monoisotopic (exact) mass is 375 g/mol. The van der Waals surface area contributed by atoms with Crippen molar-refractivity contribution in [1.82, 2.24) is 0 Å². The van der Waals surface area contributed by atoms with Gasteiger partial charge in [-0.15, -0.1) is 0 Å². The van der Waals surface area contributed by atoms with Crippen molar-refractivity contribution in [3.63, 3.8) is 0 Å². The lowest BCUT2D eigenvalue weighted by molar-refractivity contribution is -0.123. The quantitative estimate of drug-likeness (QED) is 0.745. The van der Waals surface area contributed by atoms with E-state index in [-0.39, 0.29) is 17.2 Å². The zero-order chi connectivity index (χ0) is 19.4. The van der Waals surface area contributed by atoms with Crippen LogP contribution in [-0.4, -0.2) is 23.1 Å². The van der Waals surface area contributed by atoms with Gasteiger partial charge < -0.3 is 15.2 Å². The van der Waals surface area contributed by atoms with Gasteiger partial charge in [-0.1, -0.05) is 43.6 Å². The molecule has 2 N–H and O–H groups in total. The molecule has 0 saturated carbocycles. The Bertz CT molecular complexity index is 833. The molecule has 0 heterocycles. The topological polar surface area (TPSA) is 75.6 Å². The molecule has 1 amide bonds. The average molecular weight is 376 g/mol. The maximum Gasteiger partial charge on any atom is 0.342 e. The van der Waals surface area contributed by atoms with Crippen LogP contribution in [0.5, 0.6) is 5.75 Å². The molecule has 0 aliphatic carbocycles. The minimum Gasteiger partial charge on any atom is -0.507 e. The number of phenolic OH excluding ortho intramolecular Hbond substituents is 1. The Morgan fingerprint density at radius 1 is 1.15 bits per heavy atom. The SMILES string of the molecule is Cc1cccc(C(C)C)c1NC(=O)[C@@H](C)OC(=O)c1ccc(Cl)cc1O. The van der Waals surface area contributed by atoms with E-state index in [1.54, 1.807) is 0 Å². The van der Waals surface area contributed by atoms with Crippen LogP contribution in [0.15, 0.2) is 36.4 Å². The van der Waals surface area contributed by atoms with Crippen LogP contribution in [-0.2, 0) is 9.53 Å². The number of amides is 1. The third-order valence-corrected chi connectivity index (χ3v) is 4.24. The van der Waals surface area contributed by atoms with E-state index in [1.165, 1.54) is 25.1 Å². The number of carbonyl (C=O) groups is 2. The Balaban J connectivity index is 2.12. The number of ether oxygens (including phenoxy) is 1. The third-order valence-electron chi connectivity index (χ3n) is 4.01. The maximum absolute atomic E-state index is 12.5. The summed E-state index contributed by atoms with van der Waals surface area (Å²) in [4.78, 5) is 24.7. The molecule has 0 spiro atoms. The second-order valence-corrected chi connectivity index (χ2v) is 6.83. The zero-order valence-electron chi connectivity index (χ0n) is 15.2. The molecule has 0 fully saturated rings. The molecule has 1 atom stereocenters. The van der Waals surface area contributed by atoms with Crippen LogP contribution < -0.4 is 5.32 Å². The molecule has 0 aliphatic rings. The number of aryl methyl sites for hydroxylation is 1. The fraction of sp³-hybridized carbons (Fsp3) is 0.300. The summed E-state index contributed by atoms with van der Waals surface area (Å²) in [5.41, 5.74) is 2.61. The van der Waals surface area contributed by atoms with Crippen molar-refractivity contribution < 1.29 is 19.4 Å². The lowest BCUT2D eigenvalue weighted by Crippen LogP contribution is -2.30. The van der Waals surface area contributed by atoms with Gasteiger partial charge in [0.2, 0.25) is 0 Å². The molecule has 0 saturated heterocycles. The van der Waals surface area contributed by atoms with Gasteiger partial charge in [0.25, 0.3) is 5.91 Å². The van der Waals surface area contributed by atoms with Gasteiger partial charge in [-0.05, 0) is 49.1 Å². The Labute approximate surface area is 157 Å². The summed E-state index contributed by atoms with van der Waals surface area (Å²) in [7, 11) is 0. The van der Waals surface area contributed by atoms with Crippen molar-refractivity contribution in [1.29, 1.82) is 0 Å². The Morgan fingerprint density at radius 3 is 2.46 bits per heavy atom. The number of esters is 1. The molecular weight excluding hydrogens is 354 g/mol. The number of halogens is 1. The second-order valence-electron chi connectivity index (χ2n) is 6.39. The van der Waals surface area contributed by atoms with Crippen LogP contribution in [0.1, 0.15) is 48.2 Å². The number of aromatic hydroxyl groups is 1. The molecule has 26 heavy (non-hydrogen) atoms. The number of phenols is 1. The number of rotatable bonds is 5. The molecule has 0 aromatic heterocycles. The van der Waals surface area contributed by atoms with E-state index in [1.807, 2.05) is 39.0 Å². The molecule has 6 heteroatoms. The lowest BCUT2D eigenvalue weighted by atomic mass is 9.98. The first-order valence-corrected chi connectivity index (χ1v) is 8.68. The summed E-state index contributed by atoms with van der Waals surface area (Å²) in [6.45, 7) is 7.46. The predicted octanol–water partition coefficient (Wildman–Crippen LogP) is 4.66. The second kappa shape index (κ2) is 8.23. The standard InChI is InChI=1S/C20H22ClNO4/c1-11(2)15-7-5-6-12(3)18(15)22-19(24)13(4)26-20(25)16-9-8-14(21)10-17(16)23/h5-11,13,23H,1-4H3,(H,22,24)/t13-/m1/s1. The van der Waals surface area contributed by atoms with Crippen LogP contribution in [0.4, 0.5) is 5.69 Å². The molecule has 2 aromatic carbocycles. The van der Waals surface area contributed by atoms with Crippen LogP contribution in [0, 0.1) is 6.92 Å². The Morgan fingerprint density at radius 2 is 1.85 bits per heavy atom. The van der Waals surface area contributed by atoms with Gasteiger partial charge in [0.15, 0.2) is 6.10 Å². The van der Waals surface area contributed by atoms with E-state index in [2.05, 4.69) is 5.32 Å². The van der Waals surface area contributed by atoms with Gasteiger partial charge in [-0.2, -0.15) is 0 Å². The highest BCUT2D eigenvalue weighted by Gasteiger charge is 2.22. The fourth-order valence-electron chi connectivity index (χ4n) is 2.52. The summed E-state index contributed by atoms with van der Waals surface area (Å²) in [5, 5.41) is 12.9.